The van der Waals surface area contributed by atoms with Gasteiger partial charge in [-0.05, 0) is 19.3 Å². The molecule has 3 atom stereocenters. The second-order valence-electron chi connectivity index (χ2n) is 3.10. The third kappa shape index (κ3) is 1.29. The summed E-state index contributed by atoms with van der Waals surface area (Å²) in [4.78, 5) is 10.5. The van der Waals surface area contributed by atoms with Crippen LogP contribution in [0.2, 0.25) is 0 Å². The van der Waals surface area contributed by atoms with Crippen LogP contribution in [0.25, 0.3) is 0 Å². The second-order valence-corrected chi connectivity index (χ2v) is 3.10. The Morgan fingerprint density at radius 1 is 1.60 bits per heavy atom. The smallest absolute Gasteiger partial charge is 0.320 e. The van der Waals surface area contributed by atoms with E-state index in [-0.39, 0.29) is 12.0 Å². The Bertz CT molecular complexity index is 147. The molecule has 3 heteroatoms. The van der Waals surface area contributed by atoms with Gasteiger partial charge in [0.2, 0.25) is 0 Å². The molecule has 3 nitrogen and oxygen atoms in total. The molecule has 58 valence electrons. The maximum atomic E-state index is 10.5. The number of rotatable bonds is 1. The molecule has 2 N–H and O–H groups in total. The van der Waals surface area contributed by atoms with Crippen LogP contribution in [-0.2, 0) is 4.79 Å². The zero-order valence-electron chi connectivity index (χ0n) is 6.29. The number of carboxylic acid groups (broad SMARTS) is 1. The van der Waals surface area contributed by atoms with E-state index in [1.165, 1.54) is 0 Å². The molecule has 0 bridgehead atoms. The molecule has 1 rings (SSSR count). The van der Waals surface area contributed by atoms with Crippen molar-refractivity contribution in [1.29, 1.82) is 0 Å². The fourth-order valence-electron chi connectivity index (χ4n) is 1.55. The van der Waals surface area contributed by atoms with Crippen LogP contribution in [0.3, 0.4) is 0 Å². The van der Waals surface area contributed by atoms with Crippen molar-refractivity contribution in [2.24, 2.45) is 5.92 Å². The van der Waals surface area contributed by atoms with E-state index in [1.807, 2.05) is 13.8 Å². The molecule has 0 amide bonds. The van der Waals surface area contributed by atoms with Gasteiger partial charge in [0.1, 0.15) is 6.04 Å². The van der Waals surface area contributed by atoms with Crippen LogP contribution in [0.1, 0.15) is 20.3 Å². The molecule has 1 aliphatic rings. The summed E-state index contributed by atoms with van der Waals surface area (Å²) in [6.45, 7) is 3.98. The van der Waals surface area contributed by atoms with Crippen molar-refractivity contribution in [3.8, 4) is 0 Å². The SMILES string of the molecule is CC1C[C@@H](C)[C@@H](C(=O)O)N1. The minimum absolute atomic E-state index is 0.271. The molecule has 1 unspecified atom stereocenters. The van der Waals surface area contributed by atoms with Crippen molar-refractivity contribution in [3.05, 3.63) is 0 Å². The second kappa shape index (κ2) is 2.58. The largest absolute Gasteiger partial charge is 0.480 e. The molecule has 0 spiro atoms. The first kappa shape index (κ1) is 7.54. The standard InChI is InChI=1S/C7H13NO2/c1-4-3-5(2)8-6(4)7(9)10/h4-6,8H,3H2,1-2H3,(H,9,10)/t4-,5?,6+/m1/s1. The van der Waals surface area contributed by atoms with Crippen molar-refractivity contribution in [2.45, 2.75) is 32.4 Å². The fraction of sp³-hybridized carbons (Fsp3) is 0.857. The zero-order valence-corrected chi connectivity index (χ0v) is 6.29. The lowest BCUT2D eigenvalue weighted by atomic mass is 10.0. The third-order valence-electron chi connectivity index (χ3n) is 2.02. The van der Waals surface area contributed by atoms with Gasteiger partial charge in [-0.25, -0.2) is 0 Å². The Kier molecular flexibility index (Phi) is 1.94. The first-order valence-corrected chi connectivity index (χ1v) is 3.60. The van der Waals surface area contributed by atoms with Gasteiger partial charge in [0.25, 0.3) is 0 Å². The van der Waals surface area contributed by atoms with Crippen LogP contribution in [-0.4, -0.2) is 23.2 Å². The van der Waals surface area contributed by atoms with Gasteiger partial charge < -0.3 is 10.4 Å². The molecule has 1 fully saturated rings. The van der Waals surface area contributed by atoms with Gasteiger partial charge in [0.05, 0.1) is 0 Å². The molecule has 0 aromatic rings. The number of hydrogen-bond acceptors (Lipinski definition) is 2. The highest BCUT2D eigenvalue weighted by atomic mass is 16.4. The predicted molar refractivity (Wildman–Crippen MR) is 37.8 cm³/mol. The Labute approximate surface area is 60.4 Å². The Balaban J connectivity index is 2.54. The van der Waals surface area contributed by atoms with E-state index in [0.29, 0.717) is 6.04 Å². The summed E-state index contributed by atoms with van der Waals surface area (Å²) in [7, 11) is 0. The maximum absolute atomic E-state index is 10.5. The average Bonchev–Trinajstić information content (AvgIpc) is 2.10. The number of carbonyl (C=O) groups is 1. The lowest BCUT2D eigenvalue weighted by Gasteiger charge is -2.08. The molecule has 0 radical (unpaired) electrons. The van der Waals surface area contributed by atoms with E-state index >= 15 is 0 Å². The van der Waals surface area contributed by atoms with E-state index in [2.05, 4.69) is 5.32 Å². The van der Waals surface area contributed by atoms with Gasteiger partial charge >= 0.3 is 5.97 Å². The van der Waals surface area contributed by atoms with E-state index in [1.54, 1.807) is 0 Å². The summed E-state index contributed by atoms with van der Waals surface area (Å²) in [5.74, 6) is -0.454. The normalized spacial score (nSPS) is 40.0. The summed E-state index contributed by atoms with van der Waals surface area (Å²) in [6.07, 6.45) is 0.969. The summed E-state index contributed by atoms with van der Waals surface area (Å²) < 4.78 is 0. The van der Waals surface area contributed by atoms with Crippen LogP contribution in [0.15, 0.2) is 0 Å². The van der Waals surface area contributed by atoms with Gasteiger partial charge in [0.15, 0.2) is 0 Å². The molecule has 1 aliphatic heterocycles. The van der Waals surface area contributed by atoms with Crippen LogP contribution in [0.5, 0.6) is 0 Å². The summed E-state index contributed by atoms with van der Waals surface area (Å²) in [5.41, 5.74) is 0. The number of hydrogen-bond donors (Lipinski definition) is 2. The van der Waals surface area contributed by atoms with Crippen molar-refractivity contribution in [3.63, 3.8) is 0 Å². The molecule has 10 heavy (non-hydrogen) atoms. The van der Waals surface area contributed by atoms with Crippen LogP contribution < -0.4 is 5.32 Å². The topological polar surface area (TPSA) is 49.3 Å². The molecule has 1 heterocycles. The van der Waals surface area contributed by atoms with E-state index in [9.17, 15) is 4.79 Å². The van der Waals surface area contributed by atoms with Gasteiger partial charge in [-0.15, -0.1) is 0 Å². The number of aliphatic carboxylic acids is 1. The molecule has 0 saturated carbocycles. The van der Waals surface area contributed by atoms with E-state index in [0.717, 1.165) is 6.42 Å². The molecule has 1 saturated heterocycles. The van der Waals surface area contributed by atoms with Crippen molar-refractivity contribution < 1.29 is 9.90 Å². The molecule has 0 aromatic carbocycles. The highest BCUT2D eigenvalue weighted by Gasteiger charge is 2.32. The minimum atomic E-state index is -0.725. The lowest BCUT2D eigenvalue weighted by Crippen LogP contribution is -2.36. The van der Waals surface area contributed by atoms with Gasteiger partial charge in [-0.1, -0.05) is 6.92 Å². The average molecular weight is 143 g/mol. The zero-order chi connectivity index (χ0) is 7.72. The Morgan fingerprint density at radius 3 is 2.40 bits per heavy atom. The minimum Gasteiger partial charge on any atom is -0.480 e. The number of carboxylic acids is 1. The highest BCUT2D eigenvalue weighted by molar-refractivity contribution is 5.74. The van der Waals surface area contributed by atoms with Crippen LogP contribution in [0, 0.1) is 5.92 Å². The lowest BCUT2D eigenvalue weighted by molar-refractivity contribution is -0.140. The van der Waals surface area contributed by atoms with Crippen molar-refractivity contribution >= 4 is 5.97 Å². The first-order valence-electron chi connectivity index (χ1n) is 3.60. The van der Waals surface area contributed by atoms with Gasteiger partial charge in [-0.3, -0.25) is 4.79 Å². The quantitative estimate of drug-likeness (QED) is 0.560. The van der Waals surface area contributed by atoms with E-state index < -0.39 is 5.97 Å². The molecular weight excluding hydrogens is 130 g/mol. The summed E-state index contributed by atoms with van der Waals surface area (Å²) in [5, 5.41) is 11.6. The maximum Gasteiger partial charge on any atom is 0.320 e. The van der Waals surface area contributed by atoms with Crippen molar-refractivity contribution in [2.75, 3.05) is 0 Å². The fourth-order valence-corrected chi connectivity index (χ4v) is 1.55. The Morgan fingerprint density at radius 2 is 2.20 bits per heavy atom. The van der Waals surface area contributed by atoms with Crippen LogP contribution >= 0.6 is 0 Å². The van der Waals surface area contributed by atoms with Crippen LogP contribution in [0.4, 0.5) is 0 Å². The predicted octanol–water partition coefficient (Wildman–Crippen LogP) is 0.458. The monoisotopic (exact) mass is 143 g/mol. The summed E-state index contributed by atoms with van der Waals surface area (Å²) in [6, 6.07) is 0.0334. The van der Waals surface area contributed by atoms with E-state index in [4.69, 9.17) is 5.11 Å². The number of nitrogens with one attached hydrogen (secondary N) is 1. The van der Waals surface area contributed by atoms with Gasteiger partial charge in [0, 0.05) is 6.04 Å². The molecule has 0 aliphatic carbocycles. The Hall–Kier alpha value is -0.570. The van der Waals surface area contributed by atoms with Crippen molar-refractivity contribution in [1.82, 2.24) is 5.32 Å². The van der Waals surface area contributed by atoms with Gasteiger partial charge in [-0.2, -0.15) is 0 Å². The highest BCUT2D eigenvalue weighted by Crippen LogP contribution is 2.19. The first-order chi connectivity index (χ1) is 4.61. The summed E-state index contributed by atoms with van der Waals surface area (Å²) >= 11 is 0. The molecule has 0 aromatic heterocycles. The third-order valence-corrected chi connectivity index (χ3v) is 2.02. The molecular formula is C7H13NO2.